The summed E-state index contributed by atoms with van der Waals surface area (Å²) in [5, 5.41) is 28.8. The summed E-state index contributed by atoms with van der Waals surface area (Å²) < 4.78 is 68.6. The maximum atomic E-state index is 13.6. The second kappa shape index (κ2) is 16.3. The monoisotopic (exact) mass is 750 g/mol. The van der Waals surface area contributed by atoms with Gasteiger partial charge in [0, 0.05) is 23.5 Å². The van der Waals surface area contributed by atoms with Crippen LogP contribution in [0.5, 0.6) is 28.7 Å². The Kier molecular flexibility index (Phi) is 11.6. The number of rotatable bonds is 18. The Morgan fingerprint density at radius 2 is 1.44 bits per heavy atom. The Morgan fingerprint density at radius 1 is 0.778 bits per heavy atom. The van der Waals surface area contributed by atoms with E-state index in [0.717, 1.165) is 5.56 Å². The molecule has 3 N–H and O–H groups in total. The van der Waals surface area contributed by atoms with Crippen molar-refractivity contribution in [2.45, 2.75) is 63.5 Å². The lowest BCUT2D eigenvalue weighted by molar-refractivity contribution is -0.275. The van der Waals surface area contributed by atoms with Crippen LogP contribution in [0.15, 0.2) is 91.0 Å². The lowest BCUT2D eigenvalue weighted by atomic mass is 9.97. The van der Waals surface area contributed by atoms with Crippen molar-refractivity contribution in [2.24, 2.45) is 17.8 Å². The summed E-state index contributed by atoms with van der Waals surface area (Å²) in [5.41, 5.74) is 2.35. The topological polar surface area (TPSA) is 141 Å². The third kappa shape index (κ3) is 10.2. The fraction of sp³-hybridized carbons (Fsp3) is 0.366. The standard InChI is InChI=1S/C41H41F3O10/c1-23(39(46)47)14-25-6-3-8-29(15-25)51-22-52-31-10-5-11-32(19-31)53-36-20-35(36)33-13-12-26(18-37(33)54-41(42,43)44)34-17-28(34)21-50-30-9-4-7-27(16-30)38(45)24(2)40(48)49/h3-13,15-16,18-19,23-24,28,34-36,38,45H,14,17,20-22H2,1-2H3,(H,46,47)(H,48,49)/t23-,24-,28+,34+,35?,36?,38+/m0/s1. The summed E-state index contributed by atoms with van der Waals surface area (Å²) in [6.45, 7) is 3.24. The van der Waals surface area contributed by atoms with Crippen LogP contribution >= 0.6 is 0 Å². The van der Waals surface area contributed by atoms with E-state index >= 15 is 0 Å². The maximum absolute atomic E-state index is 13.6. The summed E-state index contributed by atoms with van der Waals surface area (Å²) >= 11 is 0. The van der Waals surface area contributed by atoms with E-state index < -0.39 is 36.2 Å². The predicted molar refractivity (Wildman–Crippen MR) is 189 cm³/mol. The Hall–Kier alpha value is -5.43. The molecule has 54 heavy (non-hydrogen) atoms. The Labute approximate surface area is 310 Å². The number of aliphatic hydroxyl groups excluding tert-OH is 1. The maximum Gasteiger partial charge on any atom is 0.573 e. The summed E-state index contributed by atoms with van der Waals surface area (Å²) in [6.07, 6.45) is -4.89. The molecule has 2 unspecified atom stereocenters. The highest BCUT2D eigenvalue weighted by molar-refractivity contribution is 5.70. The highest BCUT2D eigenvalue weighted by Crippen LogP contribution is 2.52. The minimum absolute atomic E-state index is 0.0296. The summed E-state index contributed by atoms with van der Waals surface area (Å²) in [4.78, 5) is 22.5. The van der Waals surface area contributed by atoms with Gasteiger partial charge in [0.25, 0.3) is 0 Å². The first kappa shape index (κ1) is 38.3. The molecule has 10 nitrogen and oxygen atoms in total. The van der Waals surface area contributed by atoms with Gasteiger partial charge in [0.1, 0.15) is 34.9 Å². The zero-order chi connectivity index (χ0) is 38.6. The third-order valence-electron chi connectivity index (χ3n) is 9.68. The van der Waals surface area contributed by atoms with Crippen LogP contribution in [0, 0.1) is 17.8 Å². The van der Waals surface area contributed by atoms with Crippen LogP contribution in [0.1, 0.15) is 66.9 Å². The number of aliphatic carboxylic acids is 2. The van der Waals surface area contributed by atoms with Gasteiger partial charge in [0.05, 0.1) is 24.5 Å². The molecule has 2 aliphatic rings. The van der Waals surface area contributed by atoms with E-state index in [0.29, 0.717) is 65.6 Å². The van der Waals surface area contributed by atoms with Crippen LogP contribution in [0.2, 0.25) is 0 Å². The van der Waals surface area contributed by atoms with Gasteiger partial charge in [0.15, 0.2) is 0 Å². The average molecular weight is 751 g/mol. The first-order valence-electron chi connectivity index (χ1n) is 17.6. The van der Waals surface area contributed by atoms with E-state index in [9.17, 15) is 38.1 Å². The van der Waals surface area contributed by atoms with Gasteiger partial charge in [-0.05, 0) is 91.3 Å². The molecule has 6 rings (SSSR count). The van der Waals surface area contributed by atoms with Crippen LogP contribution in [0.4, 0.5) is 13.2 Å². The molecule has 0 radical (unpaired) electrons. The molecule has 0 spiro atoms. The van der Waals surface area contributed by atoms with Gasteiger partial charge in [-0.25, -0.2) is 0 Å². The number of hydrogen-bond donors (Lipinski definition) is 3. The van der Waals surface area contributed by atoms with E-state index in [1.54, 1.807) is 79.7 Å². The van der Waals surface area contributed by atoms with E-state index in [1.165, 1.54) is 13.0 Å². The number of hydrogen-bond acceptors (Lipinski definition) is 8. The highest BCUT2D eigenvalue weighted by atomic mass is 19.4. The average Bonchev–Trinajstić information content (AvgIpc) is 4.06. The van der Waals surface area contributed by atoms with E-state index in [-0.39, 0.29) is 36.4 Å². The molecule has 0 amide bonds. The molecule has 286 valence electrons. The number of halogens is 3. The summed E-state index contributed by atoms with van der Waals surface area (Å²) in [6, 6.07) is 25.5. The van der Waals surface area contributed by atoms with Crippen LogP contribution < -0.4 is 23.7 Å². The van der Waals surface area contributed by atoms with Gasteiger partial charge in [-0.2, -0.15) is 0 Å². The molecule has 4 aromatic carbocycles. The first-order chi connectivity index (χ1) is 25.7. The normalized spacial score (nSPS) is 20.6. The largest absolute Gasteiger partial charge is 0.573 e. The minimum Gasteiger partial charge on any atom is -0.493 e. The van der Waals surface area contributed by atoms with Gasteiger partial charge < -0.3 is 39.0 Å². The van der Waals surface area contributed by atoms with Gasteiger partial charge in [0.2, 0.25) is 6.79 Å². The Morgan fingerprint density at radius 3 is 2.15 bits per heavy atom. The van der Waals surface area contributed by atoms with Crippen molar-refractivity contribution in [3.63, 3.8) is 0 Å². The molecular formula is C41H41F3O10. The number of carboxylic acid groups (broad SMARTS) is 2. The SMILES string of the molecule is C[C@H](C(=O)O)[C@@H](O)c1cccc(OC[C@H]2C[C@@H]2c2ccc(C3CC3Oc3cccc(OCOc4cccc(C[C@H](C)C(=O)O)c4)c3)c(OC(F)(F)F)c2)c1. The predicted octanol–water partition coefficient (Wildman–Crippen LogP) is 8.14. The molecular weight excluding hydrogens is 709 g/mol. The van der Waals surface area contributed by atoms with Gasteiger partial charge >= 0.3 is 18.3 Å². The van der Waals surface area contributed by atoms with Gasteiger partial charge in [-0.15, -0.1) is 13.2 Å². The smallest absolute Gasteiger partial charge is 0.493 e. The molecule has 2 saturated carbocycles. The van der Waals surface area contributed by atoms with E-state index in [1.807, 2.05) is 12.1 Å². The Balaban J connectivity index is 1.03. The lowest BCUT2D eigenvalue weighted by Crippen LogP contribution is -2.18. The quantitative estimate of drug-likeness (QED) is 0.0854. The number of ether oxygens (including phenoxy) is 5. The van der Waals surface area contributed by atoms with Crippen molar-refractivity contribution in [1.82, 2.24) is 0 Å². The molecule has 0 heterocycles. The zero-order valence-corrected chi connectivity index (χ0v) is 29.6. The third-order valence-corrected chi connectivity index (χ3v) is 9.68. The van der Waals surface area contributed by atoms with Gasteiger partial charge in [-0.1, -0.05) is 49.4 Å². The van der Waals surface area contributed by atoms with Crippen molar-refractivity contribution in [2.75, 3.05) is 13.4 Å². The molecule has 13 heteroatoms. The fourth-order valence-electron chi connectivity index (χ4n) is 6.37. The number of benzene rings is 4. The molecule has 7 atom stereocenters. The van der Waals surface area contributed by atoms with Crippen molar-refractivity contribution in [3.05, 3.63) is 113 Å². The zero-order valence-electron chi connectivity index (χ0n) is 29.6. The van der Waals surface area contributed by atoms with Crippen molar-refractivity contribution >= 4 is 11.9 Å². The van der Waals surface area contributed by atoms with E-state index in [2.05, 4.69) is 4.74 Å². The van der Waals surface area contributed by atoms with Crippen molar-refractivity contribution in [3.8, 4) is 28.7 Å². The minimum atomic E-state index is -4.88. The lowest BCUT2D eigenvalue weighted by Gasteiger charge is -2.16. The van der Waals surface area contributed by atoms with Crippen molar-refractivity contribution < 1.29 is 61.8 Å². The first-order valence-corrected chi connectivity index (χ1v) is 17.6. The number of alkyl halides is 3. The molecule has 0 aliphatic heterocycles. The van der Waals surface area contributed by atoms with Crippen LogP contribution in [-0.2, 0) is 16.0 Å². The summed E-state index contributed by atoms with van der Waals surface area (Å²) in [5.74, 6) is -2.14. The molecule has 4 aromatic rings. The second-order valence-corrected chi connectivity index (χ2v) is 13.9. The Bertz CT molecular complexity index is 1950. The number of carboxylic acids is 2. The van der Waals surface area contributed by atoms with Crippen LogP contribution in [-0.4, -0.2) is 53.1 Å². The molecule has 0 bridgehead atoms. The highest BCUT2D eigenvalue weighted by Gasteiger charge is 2.45. The number of aliphatic hydroxyl groups is 1. The van der Waals surface area contributed by atoms with Crippen LogP contribution in [0.25, 0.3) is 0 Å². The number of carbonyl (C=O) groups is 2. The van der Waals surface area contributed by atoms with E-state index in [4.69, 9.17) is 18.9 Å². The second-order valence-electron chi connectivity index (χ2n) is 13.9. The van der Waals surface area contributed by atoms with Crippen molar-refractivity contribution in [1.29, 1.82) is 0 Å². The molecule has 2 fully saturated rings. The molecule has 2 aliphatic carbocycles. The molecule has 0 saturated heterocycles. The fourth-order valence-corrected chi connectivity index (χ4v) is 6.37. The molecule has 0 aromatic heterocycles. The summed E-state index contributed by atoms with van der Waals surface area (Å²) in [7, 11) is 0. The van der Waals surface area contributed by atoms with Gasteiger partial charge in [-0.3, -0.25) is 9.59 Å². The van der Waals surface area contributed by atoms with Crippen LogP contribution in [0.3, 0.4) is 0 Å².